The van der Waals surface area contributed by atoms with Gasteiger partial charge in [-0.15, -0.1) is 0 Å². The minimum atomic E-state index is -0.489. The molecule has 4 heteroatoms. The van der Waals surface area contributed by atoms with E-state index in [1.807, 2.05) is 49.4 Å². The van der Waals surface area contributed by atoms with Gasteiger partial charge in [-0.2, -0.15) is 0 Å². The van der Waals surface area contributed by atoms with Crippen molar-refractivity contribution in [3.8, 4) is 22.4 Å². The summed E-state index contributed by atoms with van der Waals surface area (Å²) >= 11 is 0. The van der Waals surface area contributed by atoms with Gasteiger partial charge in [0.05, 0.1) is 29.6 Å². The Morgan fingerprint density at radius 2 is 1.58 bits per heavy atom. The molecule has 1 aliphatic carbocycles. The second kappa shape index (κ2) is 5.92. The van der Waals surface area contributed by atoms with E-state index in [0.717, 1.165) is 16.7 Å². The fourth-order valence-corrected chi connectivity index (χ4v) is 3.50. The number of benzene rings is 2. The van der Waals surface area contributed by atoms with E-state index in [1.165, 1.54) is 7.11 Å². The molecule has 0 aliphatic heterocycles. The largest absolute Gasteiger partial charge is 0.465 e. The van der Waals surface area contributed by atoms with Crippen LogP contribution in [0.4, 0.5) is 0 Å². The summed E-state index contributed by atoms with van der Waals surface area (Å²) in [6, 6.07) is 15.2. The van der Waals surface area contributed by atoms with Crippen molar-refractivity contribution in [1.82, 2.24) is 4.98 Å². The average Bonchev–Trinajstić information content (AvgIpc) is 2.93. The number of esters is 1. The van der Waals surface area contributed by atoms with E-state index < -0.39 is 5.97 Å². The van der Waals surface area contributed by atoms with Crippen molar-refractivity contribution in [3.63, 3.8) is 0 Å². The molecular weight excluding hydrogens is 326 g/mol. The summed E-state index contributed by atoms with van der Waals surface area (Å²) in [7, 11) is 1.34. The van der Waals surface area contributed by atoms with Crippen LogP contribution in [0.3, 0.4) is 0 Å². The number of ether oxygens (including phenoxy) is 1. The maximum atomic E-state index is 13.1. The number of hydrogen-bond acceptors (Lipinski definition) is 4. The van der Waals surface area contributed by atoms with Gasteiger partial charge in [-0.05, 0) is 19.4 Å². The lowest BCUT2D eigenvalue weighted by molar-refractivity contribution is 0.0600. The predicted octanol–water partition coefficient (Wildman–Crippen LogP) is 4.36. The van der Waals surface area contributed by atoms with Crippen molar-refractivity contribution < 1.29 is 14.3 Å². The van der Waals surface area contributed by atoms with Crippen LogP contribution in [0.25, 0.3) is 22.4 Å². The van der Waals surface area contributed by atoms with E-state index in [9.17, 15) is 9.59 Å². The summed E-state index contributed by atoms with van der Waals surface area (Å²) in [6.45, 7) is 3.77. The second-order valence-corrected chi connectivity index (χ2v) is 6.40. The number of fused-ring (bicyclic) bond motifs is 3. The molecule has 0 saturated carbocycles. The highest BCUT2D eigenvalue weighted by Gasteiger charge is 2.34. The van der Waals surface area contributed by atoms with E-state index >= 15 is 0 Å². The molecule has 0 N–H and O–H groups in total. The van der Waals surface area contributed by atoms with Crippen LogP contribution in [0.1, 0.15) is 37.5 Å². The van der Waals surface area contributed by atoms with Gasteiger partial charge in [0.15, 0.2) is 5.78 Å². The van der Waals surface area contributed by atoms with Crippen LogP contribution in [0, 0.1) is 13.8 Å². The van der Waals surface area contributed by atoms with Crippen molar-refractivity contribution >= 4 is 11.8 Å². The molecule has 0 radical (unpaired) electrons. The fourth-order valence-electron chi connectivity index (χ4n) is 3.50. The van der Waals surface area contributed by atoms with Crippen molar-refractivity contribution in [1.29, 1.82) is 0 Å². The molecule has 0 saturated heterocycles. The van der Waals surface area contributed by atoms with Gasteiger partial charge in [0.2, 0.25) is 0 Å². The van der Waals surface area contributed by atoms with E-state index in [4.69, 9.17) is 4.74 Å². The highest BCUT2D eigenvalue weighted by atomic mass is 16.5. The van der Waals surface area contributed by atoms with Crippen LogP contribution in [-0.2, 0) is 4.74 Å². The maximum Gasteiger partial charge on any atom is 0.340 e. The molecule has 0 bridgehead atoms. The minimum Gasteiger partial charge on any atom is -0.465 e. The highest BCUT2D eigenvalue weighted by molar-refractivity contribution is 6.25. The summed E-state index contributed by atoms with van der Waals surface area (Å²) in [6.07, 6.45) is 0. The molecule has 128 valence electrons. The Balaban J connectivity index is 2.12. The van der Waals surface area contributed by atoms with Crippen LogP contribution in [0.2, 0.25) is 0 Å². The number of pyridine rings is 1. The lowest BCUT2D eigenvalue weighted by Crippen LogP contribution is -2.12. The smallest absolute Gasteiger partial charge is 0.340 e. The monoisotopic (exact) mass is 343 g/mol. The van der Waals surface area contributed by atoms with Crippen LogP contribution < -0.4 is 0 Å². The molecule has 1 aromatic heterocycles. The van der Waals surface area contributed by atoms with Gasteiger partial charge < -0.3 is 4.74 Å². The van der Waals surface area contributed by atoms with Gasteiger partial charge in [0.1, 0.15) is 0 Å². The molecular formula is C22H17NO3. The first-order valence-electron chi connectivity index (χ1n) is 8.37. The first-order valence-corrected chi connectivity index (χ1v) is 8.37. The fraction of sp³-hybridized carbons (Fsp3) is 0.136. The number of hydrogen-bond donors (Lipinski definition) is 0. The van der Waals surface area contributed by atoms with Gasteiger partial charge >= 0.3 is 5.97 Å². The van der Waals surface area contributed by atoms with Gasteiger partial charge in [-0.3, -0.25) is 9.78 Å². The summed E-state index contributed by atoms with van der Waals surface area (Å²) in [5.41, 5.74) is 5.93. The Morgan fingerprint density at radius 3 is 2.23 bits per heavy atom. The topological polar surface area (TPSA) is 56.3 Å². The zero-order chi connectivity index (χ0) is 18.4. The molecule has 0 amide bonds. The molecule has 2 aromatic carbocycles. The van der Waals surface area contributed by atoms with Gasteiger partial charge in [-0.25, -0.2) is 4.79 Å². The summed E-state index contributed by atoms with van der Waals surface area (Å²) in [4.78, 5) is 30.2. The number of methoxy groups -OCH3 is 1. The third kappa shape index (κ3) is 2.26. The van der Waals surface area contributed by atoms with Crippen molar-refractivity contribution in [2.75, 3.05) is 7.11 Å². The molecule has 0 unspecified atom stereocenters. The standard InChI is InChI=1S/C22H17NO3/c1-12-8-10-14(11-9-12)18-17(22(25)26-3)13(2)23-20-15-6-4-5-7-16(15)21(24)19(18)20/h4-11H,1-3H3. The number of nitrogens with zero attached hydrogens (tertiary/aromatic N) is 1. The van der Waals surface area contributed by atoms with E-state index in [2.05, 4.69) is 4.98 Å². The Hall–Kier alpha value is -3.27. The molecule has 26 heavy (non-hydrogen) atoms. The van der Waals surface area contributed by atoms with Crippen LogP contribution in [0.15, 0.2) is 48.5 Å². The Kier molecular flexibility index (Phi) is 3.69. The normalized spacial score (nSPS) is 11.9. The number of aromatic nitrogens is 1. The number of aryl methyl sites for hydroxylation is 2. The zero-order valence-electron chi connectivity index (χ0n) is 14.8. The highest BCUT2D eigenvalue weighted by Crippen LogP contribution is 2.42. The lowest BCUT2D eigenvalue weighted by atomic mass is 9.91. The summed E-state index contributed by atoms with van der Waals surface area (Å²) in [5.74, 6) is -0.596. The third-order valence-corrected chi connectivity index (χ3v) is 4.76. The molecule has 0 fully saturated rings. The Bertz CT molecular complexity index is 1070. The zero-order valence-corrected chi connectivity index (χ0v) is 14.8. The van der Waals surface area contributed by atoms with Crippen LogP contribution >= 0.6 is 0 Å². The van der Waals surface area contributed by atoms with Crippen molar-refractivity contribution in [3.05, 3.63) is 76.5 Å². The number of carbonyl (C=O) groups is 2. The van der Waals surface area contributed by atoms with Crippen molar-refractivity contribution in [2.45, 2.75) is 13.8 Å². The van der Waals surface area contributed by atoms with Crippen molar-refractivity contribution in [2.24, 2.45) is 0 Å². The maximum absolute atomic E-state index is 13.1. The first-order chi connectivity index (χ1) is 12.5. The number of rotatable bonds is 2. The molecule has 0 atom stereocenters. The molecule has 4 rings (SSSR count). The Morgan fingerprint density at radius 1 is 0.923 bits per heavy atom. The molecule has 3 aromatic rings. The molecule has 0 spiro atoms. The average molecular weight is 343 g/mol. The lowest BCUT2D eigenvalue weighted by Gasteiger charge is -2.15. The minimum absolute atomic E-state index is 0.108. The first kappa shape index (κ1) is 16.2. The van der Waals surface area contributed by atoms with Gasteiger partial charge in [-0.1, -0.05) is 54.1 Å². The third-order valence-electron chi connectivity index (χ3n) is 4.76. The summed E-state index contributed by atoms with van der Waals surface area (Å²) < 4.78 is 4.98. The quantitative estimate of drug-likeness (QED) is 0.507. The van der Waals surface area contributed by atoms with Crippen LogP contribution in [0.5, 0.6) is 0 Å². The second-order valence-electron chi connectivity index (χ2n) is 6.40. The molecule has 1 heterocycles. The molecule has 1 aliphatic rings. The molecule has 4 nitrogen and oxygen atoms in total. The van der Waals surface area contributed by atoms with E-state index in [1.54, 1.807) is 13.0 Å². The van der Waals surface area contributed by atoms with Gasteiger partial charge in [0, 0.05) is 16.7 Å². The number of carbonyl (C=O) groups excluding carboxylic acids is 2. The number of ketones is 1. The van der Waals surface area contributed by atoms with Crippen LogP contribution in [-0.4, -0.2) is 23.8 Å². The van der Waals surface area contributed by atoms with Gasteiger partial charge in [0.25, 0.3) is 0 Å². The Labute approximate surface area is 151 Å². The van der Waals surface area contributed by atoms with E-state index in [-0.39, 0.29) is 5.78 Å². The van der Waals surface area contributed by atoms with E-state index in [0.29, 0.717) is 33.6 Å². The SMILES string of the molecule is COC(=O)c1c(C)nc2c(c1-c1ccc(C)cc1)C(=O)c1ccccc1-2. The summed E-state index contributed by atoms with van der Waals surface area (Å²) in [5, 5.41) is 0. The predicted molar refractivity (Wildman–Crippen MR) is 99.4 cm³/mol.